The van der Waals surface area contributed by atoms with Gasteiger partial charge >= 0.3 is 0 Å². The van der Waals surface area contributed by atoms with E-state index < -0.39 is 0 Å². The molecule has 1 aliphatic heterocycles. The molecule has 0 saturated carbocycles. The maximum atomic E-state index is 6.64. The summed E-state index contributed by atoms with van der Waals surface area (Å²) in [5.74, 6) is 0.693. The minimum Gasteiger partial charge on any atom is -0.456 e. The topological polar surface area (TPSA) is 55.9 Å². The van der Waals surface area contributed by atoms with Crippen molar-refractivity contribution in [3.63, 3.8) is 0 Å². The summed E-state index contributed by atoms with van der Waals surface area (Å²) in [5, 5.41) is 11.4. The third-order valence-corrected chi connectivity index (χ3v) is 12.8. The molecule has 13 rings (SSSR count). The minimum absolute atomic E-state index is 0.0427. The van der Waals surface area contributed by atoms with Crippen LogP contribution in [-0.2, 0) is 0 Å². The number of nitrogens with zero attached hydrogens (tertiary/aromatic N) is 3. The number of hydrogen-bond donors (Lipinski definition) is 0. The number of benzene rings is 9. The van der Waals surface area contributed by atoms with E-state index in [0.717, 1.165) is 94.1 Å². The van der Waals surface area contributed by atoms with E-state index in [1.165, 1.54) is 26.9 Å². The fraction of sp³-hybridized carbons (Fsp3) is 0.0526. The standard InChI is InChI=1S/C57H37N3O2/c1-34-22-27-46(58-57(40-24-23-35-12-2-3-13-36(35)30-40)59-56(34)39-25-26-43-42-17-7-10-20-50(42)62-53(43)33-39)55-48(28-29-52-54(55)44-18-8-11-21-51(44)61-52)60-47-19-9-6-16-41(47)45-31-37-14-4-5-15-38(37)32-49(45)60/h2-21,23-34H,22H2,1H3/b46-27+,58-57?,59-56?. The Kier molecular flexibility index (Phi) is 7.58. The second-order valence-electron chi connectivity index (χ2n) is 16.5. The van der Waals surface area contributed by atoms with E-state index in [4.69, 9.17) is 18.8 Å². The van der Waals surface area contributed by atoms with E-state index in [0.29, 0.717) is 12.3 Å². The molecule has 9 aromatic carbocycles. The van der Waals surface area contributed by atoms with E-state index in [9.17, 15) is 0 Å². The SMILES string of the molecule is CC1C/C=C(\c2c(-n3c4ccccc4c4cc5ccccc5cc43)ccc3oc4ccccc4c23)N=C(c2ccc3ccccc3c2)N=C1c1ccc2c(c1)oc1ccccc12. The molecule has 0 saturated heterocycles. The number of fused-ring (bicyclic) bond motifs is 11. The quantitative estimate of drug-likeness (QED) is 0.178. The van der Waals surface area contributed by atoms with Gasteiger partial charge in [-0.25, -0.2) is 9.98 Å². The van der Waals surface area contributed by atoms with Crippen LogP contribution >= 0.6 is 0 Å². The van der Waals surface area contributed by atoms with Crippen molar-refractivity contribution >= 4 is 104 Å². The van der Waals surface area contributed by atoms with Gasteiger partial charge in [-0.3, -0.25) is 0 Å². The molecule has 0 fully saturated rings. The van der Waals surface area contributed by atoms with Gasteiger partial charge in [0.2, 0.25) is 0 Å². The lowest BCUT2D eigenvalue weighted by Crippen LogP contribution is -2.17. The largest absolute Gasteiger partial charge is 0.456 e. The number of rotatable bonds is 4. The zero-order valence-electron chi connectivity index (χ0n) is 33.8. The Balaban J connectivity index is 1.10. The van der Waals surface area contributed by atoms with Crippen LogP contribution in [-0.4, -0.2) is 16.1 Å². The normalized spacial score (nSPS) is 15.8. The van der Waals surface area contributed by atoms with Crippen LogP contribution in [0, 0.1) is 5.92 Å². The molecule has 5 nitrogen and oxygen atoms in total. The fourth-order valence-electron chi connectivity index (χ4n) is 9.82. The average Bonchev–Trinajstić information content (AvgIpc) is 3.98. The van der Waals surface area contributed by atoms with Crippen LogP contribution in [0.5, 0.6) is 0 Å². The van der Waals surface area contributed by atoms with Gasteiger partial charge in [0.1, 0.15) is 22.3 Å². The first-order valence-electron chi connectivity index (χ1n) is 21.3. The van der Waals surface area contributed by atoms with Crippen LogP contribution in [0.4, 0.5) is 0 Å². The molecule has 1 unspecified atom stereocenters. The summed E-state index contributed by atoms with van der Waals surface area (Å²) in [4.78, 5) is 11.3. The third kappa shape index (κ3) is 5.35. The number of hydrogen-bond acceptors (Lipinski definition) is 4. The Morgan fingerprint density at radius 2 is 1.11 bits per heavy atom. The van der Waals surface area contributed by atoms with E-state index in [1.54, 1.807) is 0 Å². The number of furan rings is 2. The molecule has 0 radical (unpaired) electrons. The molecule has 0 amide bonds. The van der Waals surface area contributed by atoms with Crippen molar-refractivity contribution in [1.82, 2.24) is 4.57 Å². The minimum atomic E-state index is 0.0427. The van der Waals surface area contributed by atoms with Crippen LogP contribution in [0.25, 0.3) is 98.6 Å². The van der Waals surface area contributed by atoms with Gasteiger partial charge in [0.15, 0.2) is 5.84 Å². The van der Waals surface area contributed by atoms with Gasteiger partial charge < -0.3 is 13.4 Å². The van der Waals surface area contributed by atoms with Gasteiger partial charge in [0, 0.05) is 54.9 Å². The molecule has 0 bridgehead atoms. The predicted octanol–water partition coefficient (Wildman–Crippen LogP) is 15.2. The van der Waals surface area contributed by atoms with Crippen LogP contribution in [0.15, 0.2) is 207 Å². The molecule has 0 spiro atoms. The highest BCUT2D eigenvalue weighted by Gasteiger charge is 2.26. The number of para-hydroxylation sites is 3. The zero-order valence-corrected chi connectivity index (χ0v) is 33.8. The molecule has 3 aromatic heterocycles. The van der Waals surface area contributed by atoms with E-state index in [-0.39, 0.29) is 5.92 Å². The average molecular weight is 796 g/mol. The van der Waals surface area contributed by atoms with E-state index >= 15 is 0 Å². The molecule has 1 atom stereocenters. The molecule has 12 aromatic rings. The molecule has 0 N–H and O–H groups in total. The summed E-state index contributed by atoms with van der Waals surface area (Å²) in [6, 6.07) is 64.5. The Labute approximate surface area is 356 Å². The Hall–Kier alpha value is -8.02. The Bertz CT molecular complexity index is 3930. The highest BCUT2D eigenvalue weighted by atomic mass is 16.3. The van der Waals surface area contributed by atoms with Gasteiger partial charge in [0.05, 0.1) is 28.1 Å². The van der Waals surface area contributed by atoms with Crippen LogP contribution in [0.2, 0.25) is 0 Å². The zero-order chi connectivity index (χ0) is 40.9. The van der Waals surface area contributed by atoms with Crippen molar-refractivity contribution in [2.24, 2.45) is 15.9 Å². The van der Waals surface area contributed by atoms with Crippen LogP contribution < -0.4 is 0 Å². The van der Waals surface area contributed by atoms with Crippen molar-refractivity contribution < 1.29 is 8.83 Å². The number of allylic oxidation sites excluding steroid dienone is 1. The van der Waals surface area contributed by atoms with E-state index in [2.05, 4.69) is 181 Å². The van der Waals surface area contributed by atoms with Gasteiger partial charge in [-0.1, -0.05) is 134 Å². The van der Waals surface area contributed by atoms with E-state index in [1.807, 2.05) is 18.2 Å². The lowest BCUT2D eigenvalue weighted by Gasteiger charge is -2.21. The number of aromatic nitrogens is 1. The first kappa shape index (κ1) is 34.8. The predicted molar refractivity (Wildman–Crippen MR) is 258 cm³/mol. The van der Waals surface area contributed by atoms with Gasteiger partial charge in [-0.05, 0) is 88.6 Å². The summed E-state index contributed by atoms with van der Waals surface area (Å²) in [5.41, 5.74) is 11.5. The van der Waals surface area contributed by atoms with Crippen LogP contribution in [0.3, 0.4) is 0 Å². The first-order valence-corrected chi connectivity index (χ1v) is 21.3. The van der Waals surface area contributed by atoms with Crippen LogP contribution in [0.1, 0.15) is 30.0 Å². The summed E-state index contributed by atoms with van der Waals surface area (Å²) in [6.45, 7) is 2.27. The summed E-state index contributed by atoms with van der Waals surface area (Å²) < 4.78 is 15.5. The number of amidine groups is 1. The second kappa shape index (κ2) is 13.5. The van der Waals surface area contributed by atoms with Gasteiger partial charge in [-0.2, -0.15) is 0 Å². The Morgan fingerprint density at radius 1 is 0.468 bits per heavy atom. The maximum absolute atomic E-state index is 6.64. The first-order chi connectivity index (χ1) is 30.6. The smallest absolute Gasteiger partial charge is 0.160 e. The summed E-state index contributed by atoms with van der Waals surface area (Å²) in [7, 11) is 0. The maximum Gasteiger partial charge on any atom is 0.160 e. The highest BCUT2D eigenvalue weighted by Crippen LogP contribution is 2.43. The van der Waals surface area contributed by atoms with Crippen molar-refractivity contribution in [3.8, 4) is 5.69 Å². The molecule has 1 aliphatic rings. The summed E-state index contributed by atoms with van der Waals surface area (Å²) >= 11 is 0. The molecule has 292 valence electrons. The molecular formula is C57H37N3O2. The van der Waals surface area contributed by atoms with Crippen molar-refractivity contribution in [3.05, 3.63) is 205 Å². The lowest BCUT2D eigenvalue weighted by atomic mass is 9.92. The molecule has 4 heterocycles. The second-order valence-corrected chi connectivity index (χ2v) is 16.5. The molecule has 0 aliphatic carbocycles. The fourth-order valence-corrected chi connectivity index (χ4v) is 9.82. The van der Waals surface area contributed by atoms with Crippen molar-refractivity contribution in [1.29, 1.82) is 0 Å². The summed E-state index contributed by atoms with van der Waals surface area (Å²) in [6.07, 6.45) is 3.04. The molecule has 62 heavy (non-hydrogen) atoms. The van der Waals surface area contributed by atoms with Crippen molar-refractivity contribution in [2.75, 3.05) is 0 Å². The Morgan fingerprint density at radius 3 is 1.95 bits per heavy atom. The third-order valence-electron chi connectivity index (χ3n) is 12.8. The molecule has 5 heteroatoms. The molecular weight excluding hydrogens is 759 g/mol. The van der Waals surface area contributed by atoms with Crippen molar-refractivity contribution in [2.45, 2.75) is 13.3 Å². The van der Waals surface area contributed by atoms with Gasteiger partial charge in [0.25, 0.3) is 0 Å². The number of aliphatic imine (C=N–C) groups is 2. The monoisotopic (exact) mass is 795 g/mol. The highest BCUT2D eigenvalue weighted by molar-refractivity contribution is 6.20. The lowest BCUT2D eigenvalue weighted by molar-refractivity contribution is 0.668. The van der Waals surface area contributed by atoms with Gasteiger partial charge in [-0.15, -0.1) is 0 Å².